The molecule has 4 aromatic carbocycles. The highest BCUT2D eigenvalue weighted by Gasteiger charge is 2.11. The summed E-state index contributed by atoms with van der Waals surface area (Å²) in [6.45, 7) is 2.53. The van der Waals surface area contributed by atoms with Crippen molar-refractivity contribution in [1.82, 2.24) is 10.4 Å². The van der Waals surface area contributed by atoms with Crippen LogP contribution in [0.4, 0.5) is 10.8 Å². The molecular weight excluding hydrogens is 735 g/mol. The van der Waals surface area contributed by atoms with Crippen LogP contribution in [-0.2, 0) is 6.61 Å². The number of carbonyl (C=O) groups is 1. The minimum Gasteiger partial charge on any atom is -0.487 e. The van der Waals surface area contributed by atoms with Crippen LogP contribution >= 0.6 is 61.5 Å². The smallest absolute Gasteiger partial charge is 0.271 e. The molecule has 0 unspecified atom stereocenters. The standard InChI is InChI=1S/C31H23BrClIN4O2S/c1-19-2-4-20(5-3-19)17-40-29-26(32)14-21(15-27(29)34)16-35-38-30(39)23-8-6-22(7-9-23)28-18-41-31(37-28)36-25-12-10-24(33)11-13-25/h2-16,18H,17H2,1H3,(H,36,37)(H,38,39)/b35-16-. The summed E-state index contributed by atoms with van der Waals surface area (Å²) in [4.78, 5) is 17.3. The third-order valence-electron chi connectivity index (χ3n) is 5.95. The molecule has 1 aromatic heterocycles. The lowest BCUT2D eigenvalue weighted by Gasteiger charge is -2.11. The first kappa shape index (κ1) is 29.2. The number of hydrogen-bond acceptors (Lipinski definition) is 6. The highest BCUT2D eigenvalue weighted by atomic mass is 127. The topological polar surface area (TPSA) is 75.6 Å². The van der Waals surface area contributed by atoms with Gasteiger partial charge in [-0.25, -0.2) is 10.4 Å². The number of aromatic nitrogens is 1. The van der Waals surface area contributed by atoms with Crippen molar-refractivity contribution >= 4 is 84.4 Å². The third kappa shape index (κ3) is 7.94. The van der Waals surface area contributed by atoms with E-state index in [9.17, 15) is 4.79 Å². The monoisotopic (exact) mass is 756 g/mol. The molecule has 0 atom stereocenters. The fourth-order valence-electron chi connectivity index (χ4n) is 3.77. The van der Waals surface area contributed by atoms with Gasteiger partial charge in [-0.15, -0.1) is 11.3 Å². The number of nitrogens with one attached hydrogen (secondary N) is 2. The summed E-state index contributed by atoms with van der Waals surface area (Å²) in [6.07, 6.45) is 1.60. The van der Waals surface area contributed by atoms with Crippen LogP contribution in [0, 0.1) is 10.5 Å². The SMILES string of the molecule is Cc1ccc(COc2c(Br)cc(/C=N\NC(=O)c3ccc(-c4csc(Nc5ccc(Cl)cc5)n4)cc3)cc2I)cc1. The van der Waals surface area contributed by atoms with Gasteiger partial charge in [-0.2, -0.15) is 5.10 Å². The molecule has 6 nitrogen and oxygen atoms in total. The maximum Gasteiger partial charge on any atom is 0.271 e. The van der Waals surface area contributed by atoms with Gasteiger partial charge < -0.3 is 10.1 Å². The van der Waals surface area contributed by atoms with E-state index in [4.69, 9.17) is 16.3 Å². The van der Waals surface area contributed by atoms with Crippen molar-refractivity contribution in [3.05, 3.63) is 126 Å². The molecule has 5 aromatic rings. The van der Waals surface area contributed by atoms with E-state index in [0.29, 0.717) is 17.2 Å². The summed E-state index contributed by atoms with van der Waals surface area (Å²) in [5, 5.41) is 10.8. The molecule has 206 valence electrons. The molecule has 0 spiro atoms. The minimum atomic E-state index is -0.303. The van der Waals surface area contributed by atoms with Crippen molar-refractivity contribution in [1.29, 1.82) is 0 Å². The first-order valence-corrected chi connectivity index (χ1v) is 15.6. The number of aryl methyl sites for hydroxylation is 1. The molecule has 0 aliphatic rings. The number of nitrogens with zero attached hydrogens (tertiary/aromatic N) is 2. The average molecular weight is 758 g/mol. The molecule has 1 amide bonds. The van der Waals surface area contributed by atoms with Crippen molar-refractivity contribution in [2.24, 2.45) is 5.10 Å². The Morgan fingerprint density at radius 1 is 1.07 bits per heavy atom. The molecule has 41 heavy (non-hydrogen) atoms. The maximum absolute atomic E-state index is 12.7. The molecule has 0 aliphatic carbocycles. The summed E-state index contributed by atoms with van der Waals surface area (Å²) >= 11 is 13.3. The van der Waals surface area contributed by atoms with Crippen molar-refractivity contribution in [3.63, 3.8) is 0 Å². The second-order valence-corrected chi connectivity index (χ2v) is 12.3. The average Bonchev–Trinajstić information content (AvgIpc) is 3.43. The van der Waals surface area contributed by atoms with E-state index in [0.717, 1.165) is 47.0 Å². The summed E-state index contributed by atoms with van der Waals surface area (Å²) in [6, 6.07) is 26.8. The summed E-state index contributed by atoms with van der Waals surface area (Å²) in [5.74, 6) is 0.462. The highest BCUT2D eigenvalue weighted by Crippen LogP contribution is 2.32. The summed E-state index contributed by atoms with van der Waals surface area (Å²) < 4.78 is 7.79. The van der Waals surface area contributed by atoms with Gasteiger partial charge in [0, 0.05) is 27.2 Å². The Hall–Kier alpha value is -3.25. The zero-order valence-corrected chi connectivity index (χ0v) is 27.0. The summed E-state index contributed by atoms with van der Waals surface area (Å²) in [7, 11) is 0. The number of anilines is 2. The Kier molecular flexibility index (Phi) is 9.71. The number of hydrazone groups is 1. The van der Waals surface area contributed by atoms with Gasteiger partial charge >= 0.3 is 0 Å². The van der Waals surface area contributed by atoms with Gasteiger partial charge in [-0.1, -0.05) is 53.6 Å². The lowest BCUT2D eigenvalue weighted by Crippen LogP contribution is -2.17. The fraction of sp³-hybridized carbons (Fsp3) is 0.0645. The Morgan fingerprint density at radius 3 is 2.51 bits per heavy atom. The van der Waals surface area contributed by atoms with Crippen LogP contribution in [0.2, 0.25) is 5.02 Å². The van der Waals surface area contributed by atoms with E-state index >= 15 is 0 Å². The molecule has 0 radical (unpaired) electrons. The van der Waals surface area contributed by atoms with Gasteiger partial charge in [-0.05, 0) is 105 Å². The molecule has 1 heterocycles. The van der Waals surface area contributed by atoms with E-state index in [1.54, 1.807) is 18.3 Å². The van der Waals surface area contributed by atoms with Crippen LogP contribution in [0.25, 0.3) is 11.3 Å². The van der Waals surface area contributed by atoms with Gasteiger partial charge in [0.25, 0.3) is 5.91 Å². The molecule has 0 bridgehead atoms. The molecule has 10 heteroatoms. The number of rotatable bonds is 9. The predicted octanol–water partition coefficient (Wildman–Crippen LogP) is 9.23. The fourth-order valence-corrected chi connectivity index (χ4v) is 6.41. The molecule has 0 saturated heterocycles. The number of ether oxygens (including phenoxy) is 1. The van der Waals surface area contributed by atoms with E-state index in [1.165, 1.54) is 16.9 Å². The lowest BCUT2D eigenvalue weighted by molar-refractivity contribution is 0.0955. The van der Waals surface area contributed by atoms with Gasteiger partial charge in [0.05, 0.1) is 20.0 Å². The van der Waals surface area contributed by atoms with E-state index in [-0.39, 0.29) is 5.91 Å². The summed E-state index contributed by atoms with van der Waals surface area (Å²) in [5.41, 5.74) is 8.87. The van der Waals surface area contributed by atoms with Crippen LogP contribution < -0.4 is 15.5 Å². The number of hydrogen-bond donors (Lipinski definition) is 2. The first-order chi connectivity index (χ1) is 19.8. The van der Waals surface area contributed by atoms with Gasteiger partial charge in [-0.3, -0.25) is 4.79 Å². The third-order valence-corrected chi connectivity index (χ3v) is 8.35. The van der Waals surface area contributed by atoms with Crippen LogP contribution in [-0.4, -0.2) is 17.1 Å². The maximum atomic E-state index is 12.7. The second-order valence-electron chi connectivity index (χ2n) is 9.03. The van der Waals surface area contributed by atoms with Crippen molar-refractivity contribution < 1.29 is 9.53 Å². The number of halogens is 3. The number of amides is 1. The molecule has 2 N–H and O–H groups in total. The second kappa shape index (κ2) is 13.6. The number of carbonyl (C=O) groups excluding carboxylic acids is 1. The van der Waals surface area contributed by atoms with E-state index < -0.39 is 0 Å². The van der Waals surface area contributed by atoms with Crippen LogP contribution in [0.15, 0.2) is 99.9 Å². The van der Waals surface area contributed by atoms with Crippen LogP contribution in [0.3, 0.4) is 0 Å². The van der Waals surface area contributed by atoms with Crippen molar-refractivity contribution in [2.45, 2.75) is 13.5 Å². The highest BCUT2D eigenvalue weighted by molar-refractivity contribution is 14.1. The quantitative estimate of drug-likeness (QED) is 0.0894. The molecule has 0 fully saturated rings. The Labute approximate surface area is 269 Å². The van der Waals surface area contributed by atoms with Crippen molar-refractivity contribution in [2.75, 3.05) is 5.32 Å². The molecule has 5 rings (SSSR count). The minimum absolute atomic E-state index is 0.303. The zero-order valence-electron chi connectivity index (χ0n) is 21.7. The lowest BCUT2D eigenvalue weighted by atomic mass is 10.1. The Bertz CT molecular complexity index is 1670. The largest absolute Gasteiger partial charge is 0.487 e. The molecule has 0 saturated carbocycles. The molecular formula is C31H23BrClIN4O2S. The first-order valence-electron chi connectivity index (χ1n) is 12.4. The van der Waals surface area contributed by atoms with Gasteiger partial charge in [0.2, 0.25) is 0 Å². The molecule has 0 aliphatic heterocycles. The normalized spacial score (nSPS) is 11.0. The predicted molar refractivity (Wildman–Crippen MR) is 180 cm³/mol. The van der Waals surface area contributed by atoms with E-state index in [1.807, 2.05) is 53.9 Å². The van der Waals surface area contributed by atoms with Crippen molar-refractivity contribution in [3.8, 4) is 17.0 Å². The van der Waals surface area contributed by atoms with Gasteiger partial charge in [0.1, 0.15) is 12.4 Å². The number of benzene rings is 4. The Balaban J connectivity index is 1.16. The van der Waals surface area contributed by atoms with Crippen LogP contribution in [0.5, 0.6) is 5.75 Å². The zero-order chi connectivity index (χ0) is 28.8. The van der Waals surface area contributed by atoms with Gasteiger partial charge in [0.15, 0.2) is 5.13 Å². The van der Waals surface area contributed by atoms with E-state index in [2.05, 4.69) is 90.5 Å². The Morgan fingerprint density at radius 2 is 1.80 bits per heavy atom. The number of thiazole rings is 1. The van der Waals surface area contributed by atoms with Crippen LogP contribution in [0.1, 0.15) is 27.0 Å².